The van der Waals surface area contributed by atoms with Gasteiger partial charge in [-0.3, -0.25) is 4.79 Å². The molecule has 0 fully saturated rings. The number of aryl methyl sites for hydroxylation is 3. The van der Waals surface area contributed by atoms with Crippen LogP contribution < -0.4 is 0 Å². The van der Waals surface area contributed by atoms with Crippen LogP contribution in [0.4, 0.5) is 0 Å². The highest BCUT2D eigenvalue weighted by atomic mass is 16.4. The highest BCUT2D eigenvalue weighted by molar-refractivity contribution is 6.04. The van der Waals surface area contributed by atoms with Gasteiger partial charge in [0.2, 0.25) is 0 Å². The first kappa shape index (κ1) is 24.1. The average Bonchev–Trinajstić information content (AvgIpc) is 3.03. The number of benzene rings is 2. The van der Waals surface area contributed by atoms with Crippen LogP contribution in [-0.4, -0.2) is 22.0 Å². The molecule has 0 aliphatic heterocycles. The maximum absolute atomic E-state index is 11.9. The Morgan fingerprint density at radius 2 is 1.76 bits per heavy atom. The molecule has 0 unspecified atom stereocenters. The van der Waals surface area contributed by atoms with Crippen molar-refractivity contribution in [2.45, 2.75) is 77.0 Å². The van der Waals surface area contributed by atoms with Crippen molar-refractivity contribution in [2.75, 3.05) is 0 Å². The molecule has 0 saturated carbocycles. The third kappa shape index (κ3) is 6.07. The molecule has 1 aliphatic rings. The zero-order chi connectivity index (χ0) is 23.8. The molecule has 1 aromatic heterocycles. The summed E-state index contributed by atoms with van der Waals surface area (Å²) in [5.41, 5.74) is 4.59. The Morgan fingerprint density at radius 3 is 2.56 bits per heavy atom. The Balaban J connectivity index is 1.33. The Hall–Kier alpha value is -3.08. The summed E-state index contributed by atoms with van der Waals surface area (Å²) in [5, 5.41) is 24.1. The zero-order valence-electron chi connectivity index (χ0n) is 19.8. The van der Waals surface area contributed by atoms with E-state index < -0.39 is 11.9 Å². The molecule has 0 radical (unpaired) electrons. The second kappa shape index (κ2) is 11.9. The van der Waals surface area contributed by atoms with Gasteiger partial charge in [-0.1, -0.05) is 73.3 Å². The van der Waals surface area contributed by atoms with E-state index in [2.05, 4.69) is 29.4 Å². The second-order valence-corrected chi connectivity index (χ2v) is 9.50. The average molecular weight is 462 g/mol. The minimum Gasteiger partial charge on any atom is -0.481 e. The van der Waals surface area contributed by atoms with Crippen LogP contribution in [0.2, 0.25) is 0 Å². The molecule has 0 spiro atoms. The van der Waals surface area contributed by atoms with Crippen LogP contribution in [0.1, 0.15) is 80.2 Å². The molecular weight excluding hydrogens is 426 g/mol. The van der Waals surface area contributed by atoms with Crippen molar-refractivity contribution >= 4 is 22.7 Å². The number of unbranched alkanes of at least 4 members (excludes halogenated alkanes) is 3. The fraction of sp³-hybridized carbons (Fsp3) is 0.448. The maximum atomic E-state index is 11.9. The lowest BCUT2D eigenvalue weighted by Gasteiger charge is -2.13. The minimum atomic E-state index is -0.837. The number of fused-ring (bicyclic) bond motifs is 3. The molecule has 0 bridgehead atoms. The summed E-state index contributed by atoms with van der Waals surface area (Å²) in [6.07, 6.45) is 11.5. The van der Waals surface area contributed by atoms with E-state index in [0.29, 0.717) is 12.1 Å². The number of furan rings is 1. The summed E-state index contributed by atoms with van der Waals surface area (Å²) < 4.78 is 6.14. The third-order valence-electron chi connectivity index (χ3n) is 7.06. The number of nitrogens with zero attached hydrogens (tertiary/aromatic N) is 1. The quantitative estimate of drug-likeness (QED) is 0.104. The highest BCUT2D eigenvalue weighted by Gasteiger charge is 2.22. The van der Waals surface area contributed by atoms with Crippen LogP contribution in [0, 0.1) is 5.92 Å². The van der Waals surface area contributed by atoms with E-state index in [1.165, 1.54) is 24.0 Å². The standard InChI is InChI=1S/C29H35NO4/c31-29(32)23(14-8-2-1-5-11-21-12-6-3-7-13-21)19-26(30-33)22-17-18-25-24-15-9-4-10-16-27(24)34-28(25)20-22/h3,6-7,12-13,17-18,20,23,33H,1-2,4-5,8-11,14-16,19H2,(H,31,32)/t23-/m1/s1. The van der Waals surface area contributed by atoms with E-state index in [1.807, 2.05) is 24.3 Å². The van der Waals surface area contributed by atoms with Crippen molar-refractivity contribution in [1.82, 2.24) is 0 Å². The number of rotatable bonds is 11. The Kier molecular flexibility index (Phi) is 8.40. The van der Waals surface area contributed by atoms with E-state index in [9.17, 15) is 15.1 Å². The summed E-state index contributed by atoms with van der Waals surface area (Å²) in [7, 11) is 0. The largest absolute Gasteiger partial charge is 0.481 e. The molecular formula is C29H35NO4. The van der Waals surface area contributed by atoms with Gasteiger partial charge >= 0.3 is 5.97 Å². The fourth-order valence-electron chi connectivity index (χ4n) is 5.10. The number of aliphatic carboxylic acids is 1. The van der Waals surface area contributed by atoms with Gasteiger partial charge in [0.05, 0.1) is 11.6 Å². The molecule has 4 rings (SSSR count). The normalized spacial score (nSPS) is 15.1. The van der Waals surface area contributed by atoms with Crippen LogP contribution >= 0.6 is 0 Å². The second-order valence-electron chi connectivity index (χ2n) is 9.50. The first-order valence-electron chi connectivity index (χ1n) is 12.7. The van der Waals surface area contributed by atoms with Crippen molar-refractivity contribution < 1.29 is 19.5 Å². The molecule has 5 heteroatoms. The number of carboxylic acid groups (broad SMARTS) is 1. The molecule has 0 amide bonds. The van der Waals surface area contributed by atoms with Gasteiger partial charge in [0, 0.05) is 29.4 Å². The van der Waals surface area contributed by atoms with Crippen LogP contribution in [0.3, 0.4) is 0 Å². The van der Waals surface area contributed by atoms with Crippen molar-refractivity contribution in [3.8, 4) is 0 Å². The predicted molar refractivity (Wildman–Crippen MR) is 135 cm³/mol. The van der Waals surface area contributed by atoms with E-state index in [0.717, 1.165) is 73.7 Å². The Labute approximate surface area is 201 Å². The predicted octanol–water partition coefficient (Wildman–Crippen LogP) is 7.16. The Morgan fingerprint density at radius 1 is 0.971 bits per heavy atom. The lowest BCUT2D eigenvalue weighted by Crippen LogP contribution is -2.19. The molecule has 180 valence electrons. The van der Waals surface area contributed by atoms with Gasteiger partial charge < -0.3 is 14.7 Å². The van der Waals surface area contributed by atoms with Gasteiger partial charge in [-0.25, -0.2) is 0 Å². The first-order valence-corrected chi connectivity index (χ1v) is 12.7. The van der Waals surface area contributed by atoms with Crippen LogP contribution in [-0.2, 0) is 24.1 Å². The SMILES string of the molecule is O=C(O)[C@H](CCCCCCc1ccccc1)CC(=NO)c1ccc2c3c(oc2c1)CCCCC3. The first-order chi connectivity index (χ1) is 16.7. The zero-order valence-corrected chi connectivity index (χ0v) is 19.8. The van der Waals surface area contributed by atoms with Crippen LogP contribution in [0.5, 0.6) is 0 Å². The minimum absolute atomic E-state index is 0.210. The van der Waals surface area contributed by atoms with Gasteiger partial charge in [0.25, 0.3) is 0 Å². The van der Waals surface area contributed by atoms with E-state index in [4.69, 9.17) is 4.42 Å². The topological polar surface area (TPSA) is 83.0 Å². The molecule has 3 aromatic rings. The van der Waals surface area contributed by atoms with Crippen molar-refractivity contribution in [2.24, 2.45) is 11.1 Å². The lowest BCUT2D eigenvalue weighted by atomic mass is 9.92. The lowest BCUT2D eigenvalue weighted by molar-refractivity contribution is -0.141. The number of oxime groups is 1. The van der Waals surface area contributed by atoms with Gasteiger partial charge in [-0.05, 0) is 50.2 Å². The summed E-state index contributed by atoms with van der Waals surface area (Å²) in [4.78, 5) is 11.9. The highest BCUT2D eigenvalue weighted by Crippen LogP contribution is 2.32. The maximum Gasteiger partial charge on any atom is 0.306 e. The van der Waals surface area contributed by atoms with E-state index >= 15 is 0 Å². The van der Waals surface area contributed by atoms with Gasteiger partial charge in [0.1, 0.15) is 11.3 Å². The summed E-state index contributed by atoms with van der Waals surface area (Å²) in [5.74, 6) is -0.330. The van der Waals surface area contributed by atoms with Crippen LogP contribution in [0.25, 0.3) is 11.0 Å². The summed E-state index contributed by atoms with van der Waals surface area (Å²) >= 11 is 0. The monoisotopic (exact) mass is 461 g/mol. The number of hydrogen-bond acceptors (Lipinski definition) is 4. The third-order valence-corrected chi connectivity index (χ3v) is 7.06. The van der Waals surface area contributed by atoms with Crippen LogP contribution in [0.15, 0.2) is 58.1 Å². The molecule has 0 saturated heterocycles. The fourth-order valence-corrected chi connectivity index (χ4v) is 5.10. The summed E-state index contributed by atoms with van der Waals surface area (Å²) in [6.45, 7) is 0. The van der Waals surface area contributed by atoms with Gasteiger partial charge in [-0.2, -0.15) is 0 Å². The molecule has 1 atom stereocenters. The number of carbonyl (C=O) groups is 1. The van der Waals surface area contributed by atoms with Crippen molar-refractivity contribution in [3.05, 3.63) is 71.0 Å². The molecule has 2 aromatic carbocycles. The summed E-state index contributed by atoms with van der Waals surface area (Å²) in [6, 6.07) is 16.3. The van der Waals surface area contributed by atoms with Gasteiger partial charge in [-0.15, -0.1) is 0 Å². The van der Waals surface area contributed by atoms with Crippen molar-refractivity contribution in [3.63, 3.8) is 0 Å². The molecule has 1 heterocycles. The molecule has 34 heavy (non-hydrogen) atoms. The van der Waals surface area contributed by atoms with E-state index in [1.54, 1.807) is 0 Å². The van der Waals surface area contributed by atoms with Crippen molar-refractivity contribution in [1.29, 1.82) is 0 Å². The smallest absolute Gasteiger partial charge is 0.306 e. The van der Waals surface area contributed by atoms with E-state index in [-0.39, 0.29) is 6.42 Å². The number of carboxylic acids is 1. The Bertz CT molecular complexity index is 1120. The molecule has 1 aliphatic carbocycles. The molecule has 2 N–H and O–H groups in total. The molecule has 5 nitrogen and oxygen atoms in total. The van der Waals surface area contributed by atoms with Gasteiger partial charge in [0.15, 0.2) is 0 Å². The number of hydrogen-bond donors (Lipinski definition) is 2.